The Morgan fingerprint density at radius 2 is 1.88 bits per heavy atom. The van der Waals surface area contributed by atoms with E-state index in [0.717, 1.165) is 10.0 Å². The fourth-order valence-electron chi connectivity index (χ4n) is 2.18. The lowest BCUT2D eigenvalue weighted by molar-refractivity contribution is -0.134. The molecule has 0 spiro atoms. The summed E-state index contributed by atoms with van der Waals surface area (Å²) in [5, 5.41) is 0. The Morgan fingerprint density at radius 3 is 2.68 bits per heavy atom. The summed E-state index contributed by atoms with van der Waals surface area (Å²) in [5.41, 5.74) is 5.50. The van der Waals surface area contributed by atoms with Gasteiger partial charge in [-0.15, -0.1) is 0 Å². The van der Waals surface area contributed by atoms with Crippen molar-refractivity contribution in [2.45, 2.75) is 6.10 Å². The monoisotopic (exact) mass is 402 g/mol. The molecule has 128 valence electrons. The topological polar surface area (TPSA) is 76.7 Å². The van der Waals surface area contributed by atoms with E-state index in [9.17, 15) is 9.59 Å². The molecule has 0 aromatic heterocycles. The predicted octanol–water partition coefficient (Wildman–Crippen LogP) is 2.45. The molecule has 0 radical (unpaired) electrons. The van der Waals surface area contributed by atoms with Crippen molar-refractivity contribution in [2.75, 3.05) is 6.61 Å². The van der Waals surface area contributed by atoms with Crippen LogP contribution in [0.2, 0.25) is 0 Å². The van der Waals surface area contributed by atoms with Gasteiger partial charge in [-0.1, -0.05) is 40.2 Å². The molecule has 25 heavy (non-hydrogen) atoms. The Kier molecular flexibility index (Phi) is 5.35. The van der Waals surface area contributed by atoms with Crippen LogP contribution < -0.4 is 20.3 Å². The molecule has 1 aliphatic rings. The molecule has 0 bridgehead atoms. The van der Waals surface area contributed by atoms with Crippen molar-refractivity contribution in [3.8, 4) is 11.5 Å². The van der Waals surface area contributed by atoms with Crippen molar-refractivity contribution >= 4 is 33.8 Å². The van der Waals surface area contributed by atoms with Gasteiger partial charge in [0.1, 0.15) is 6.61 Å². The van der Waals surface area contributed by atoms with Gasteiger partial charge in [-0.2, -0.15) is 0 Å². The summed E-state index contributed by atoms with van der Waals surface area (Å²) < 4.78 is 11.9. The maximum Gasteiger partial charge on any atom is 0.283 e. The van der Waals surface area contributed by atoms with Crippen LogP contribution in [-0.2, 0) is 9.59 Å². The van der Waals surface area contributed by atoms with E-state index in [1.54, 1.807) is 24.3 Å². The molecule has 1 atom stereocenters. The van der Waals surface area contributed by atoms with Gasteiger partial charge < -0.3 is 9.47 Å². The fraction of sp³-hybridized carbons (Fsp3) is 0.111. The van der Waals surface area contributed by atoms with E-state index >= 15 is 0 Å². The van der Waals surface area contributed by atoms with Crippen molar-refractivity contribution in [3.05, 3.63) is 64.6 Å². The first kappa shape index (κ1) is 17.0. The number of benzene rings is 2. The van der Waals surface area contributed by atoms with Gasteiger partial charge in [-0.05, 0) is 35.9 Å². The Labute approximate surface area is 152 Å². The SMILES string of the molecule is O=C(/C=C/c1cccc(Br)c1)NNC(=O)C1COc2ccccc2O1. The third-order valence-corrected chi connectivity index (χ3v) is 3.88. The minimum Gasteiger partial charge on any atom is -0.485 e. The number of nitrogens with one attached hydrogen (secondary N) is 2. The third kappa shape index (κ3) is 4.60. The van der Waals surface area contributed by atoms with Crippen LogP contribution in [0.1, 0.15) is 5.56 Å². The van der Waals surface area contributed by atoms with Gasteiger partial charge in [0.2, 0.25) is 6.10 Å². The summed E-state index contributed by atoms with van der Waals surface area (Å²) >= 11 is 3.36. The van der Waals surface area contributed by atoms with Crippen molar-refractivity contribution in [3.63, 3.8) is 0 Å². The first-order valence-corrected chi connectivity index (χ1v) is 8.33. The lowest BCUT2D eigenvalue weighted by Crippen LogP contribution is -2.50. The minimum atomic E-state index is -0.829. The molecule has 0 fully saturated rings. The molecule has 7 heteroatoms. The van der Waals surface area contributed by atoms with Crippen LogP contribution in [-0.4, -0.2) is 24.5 Å². The Morgan fingerprint density at radius 1 is 1.08 bits per heavy atom. The minimum absolute atomic E-state index is 0.0760. The predicted molar refractivity (Wildman–Crippen MR) is 95.8 cm³/mol. The zero-order valence-electron chi connectivity index (χ0n) is 13.1. The zero-order chi connectivity index (χ0) is 17.6. The van der Waals surface area contributed by atoms with E-state index in [1.165, 1.54) is 6.08 Å². The largest absolute Gasteiger partial charge is 0.485 e. The van der Waals surface area contributed by atoms with Gasteiger partial charge in [0.05, 0.1) is 0 Å². The number of carbonyl (C=O) groups excluding carboxylic acids is 2. The van der Waals surface area contributed by atoms with Crippen LogP contribution in [0, 0.1) is 0 Å². The van der Waals surface area contributed by atoms with Gasteiger partial charge in [-0.25, -0.2) is 0 Å². The highest BCUT2D eigenvalue weighted by Crippen LogP contribution is 2.30. The molecular formula is C18H15BrN2O4. The lowest BCUT2D eigenvalue weighted by Gasteiger charge is -2.25. The number of amides is 2. The van der Waals surface area contributed by atoms with E-state index < -0.39 is 17.9 Å². The normalized spacial score (nSPS) is 15.6. The summed E-state index contributed by atoms with van der Waals surface area (Å²) in [6.45, 7) is 0.0760. The molecule has 3 rings (SSSR count). The van der Waals surface area contributed by atoms with E-state index in [1.807, 2.05) is 30.3 Å². The van der Waals surface area contributed by atoms with Crippen LogP contribution in [0.3, 0.4) is 0 Å². The van der Waals surface area contributed by atoms with Crippen LogP contribution in [0.5, 0.6) is 11.5 Å². The Balaban J connectivity index is 1.50. The van der Waals surface area contributed by atoms with Crippen molar-refractivity contribution in [2.24, 2.45) is 0 Å². The van der Waals surface area contributed by atoms with Gasteiger partial charge in [-0.3, -0.25) is 20.4 Å². The van der Waals surface area contributed by atoms with Crippen molar-refractivity contribution in [1.29, 1.82) is 0 Å². The number of hydrogen-bond donors (Lipinski definition) is 2. The van der Waals surface area contributed by atoms with E-state index in [4.69, 9.17) is 9.47 Å². The zero-order valence-corrected chi connectivity index (χ0v) is 14.7. The molecule has 0 saturated heterocycles. The molecule has 2 amide bonds. The standard InChI is InChI=1S/C18H15BrN2O4/c19-13-5-3-4-12(10-13)8-9-17(22)20-21-18(23)16-11-24-14-6-1-2-7-15(14)25-16/h1-10,16H,11H2,(H,20,22)(H,21,23)/b9-8+. The molecule has 1 heterocycles. The number of carbonyl (C=O) groups is 2. The number of halogens is 1. The van der Waals surface area contributed by atoms with E-state index in [-0.39, 0.29) is 6.61 Å². The van der Waals surface area contributed by atoms with Crippen molar-refractivity contribution < 1.29 is 19.1 Å². The number of ether oxygens (including phenoxy) is 2. The van der Waals surface area contributed by atoms with Crippen molar-refractivity contribution in [1.82, 2.24) is 10.9 Å². The quantitative estimate of drug-likeness (QED) is 0.610. The average molecular weight is 403 g/mol. The molecular weight excluding hydrogens is 388 g/mol. The van der Waals surface area contributed by atoms with Gasteiger partial charge >= 0.3 is 0 Å². The molecule has 2 aromatic rings. The summed E-state index contributed by atoms with van der Waals surface area (Å²) in [4.78, 5) is 23.9. The maximum atomic E-state index is 12.1. The highest BCUT2D eigenvalue weighted by Gasteiger charge is 2.27. The van der Waals surface area contributed by atoms with Gasteiger partial charge in [0.25, 0.3) is 11.8 Å². The van der Waals surface area contributed by atoms with Crippen LogP contribution >= 0.6 is 15.9 Å². The molecule has 2 aromatic carbocycles. The molecule has 6 nitrogen and oxygen atoms in total. The molecule has 0 saturated carbocycles. The third-order valence-electron chi connectivity index (χ3n) is 3.39. The van der Waals surface area contributed by atoms with Crippen LogP contribution in [0.25, 0.3) is 6.08 Å². The van der Waals surface area contributed by atoms with E-state index in [0.29, 0.717) is 11.5 Å². The molecule has 1 aliphatic heterocycles. The number of hydrazine groups is 1. The second-order valence-electron chi connectivity index (χ2n) is 5.23. The number of hydrogen-bond acceptors (Lipinski definition) is 4. The molecule has 2 N–H and O–H groups in total. The fourth-order valence-corrected chi connectivity index (χ4v) is 2.59. The first-order chi connectivity index (χ1) is 12.1. The summed E-state index contributed by atoms with van der Waals surface area (Å²) in [6.07, 6.45) is 2.14. The smallest absolute Gasteiger partial charge is 0.283 e. The summed E-state index contributed by atoms with van der Waals surface area (Å²) in [5.74, 6) is 0.145. The number of rotatable bonds is 3. The van der Waals surface area contributed by atoms with Crippen LogP contribution in [0.4, 0.5) is 0 Å². The van der Waals surface area contributed by atoms with Crippen LogP contribution in [0.15, 0.2) is 59.1 Å². The second kappa shape index (κ2) is 7.85. The Bertz CT molecular complexity index is 822. The number of para-hydroxylation sites is 2. The average Bonchev–Trinajstić information content (AvgIpc) is 2.64. The maximum absolute atomic E-state index is 12.1. The van der Waals surface area contributed by atoms with Gasteiger partial charge in [0, 0.05) is 10.5 Å². The lowest BCUT2D eigenvalue weighted by atomic mass is 10.2. The summed E-state index contributed by atoms with van der Waals surface area (Å²) in [7, 11) is 0. The molecule has 0 aliphatic carbocycles. The molecule has 1 unspecified atom stereocenters. The van der Waals surface area contributed by atoms with E-state index in [2.05, 4.69) is 26.8 Å². The van der Waals surface area contributed by atoms with Gasteiger partial charge in [0.15, 0.2) is 11.5 Å². The summed E-state index contributed by atoms with van der Waals surface area (Å²) in [6, 6.07) is 14.6. The highest BCUT2D eigenvalue weighted by atomic mass is 79.9. The Hall–Kier alpha value is -2.80. The highest BCUT2D eigenvalue weighted by molar-refractivity contribution is 9.10. The number of fused-ring (bicyclic) bond motifs is 1. The first-order valence-electron chi connectivity index (χ1n) is 7.54. The second-order valence-corrected chi connectivity index (χ2v) is 6.15.